The number of carbonyl (C=O) groups excluding carboxylic acids is 1. The lowest BCUT2D eigenvalue weighted by Gasteiger charge is -2.10. The van der Waals surface area contributed by atoms with E-state index in [1.807, 2.05) is 78.9 Å². The Morgan fingerprint density at radius 2 is 1.66 bits per heavy atom. The molecule has 5 nitrogen and oxygen atoms in total. The maximum absolute atomic E-state index is 13.5. The van der Waals surface area contributed by atoms with Crippen LogP contribution in [0.2, 0.25) is 10.0 Å². The Hall–Kier alpha value is -4.45. The van der Waals surface area contributed by atoms with E-state index in [9.17, 15) is 4.79 Å². The van der Waals surface area contributed by atoms with Gasteiger partial charge in [-0.3, -0.25) is 4.79 Å². The first-order valence-electron chi connectivity index (χ1n) is 13.2. The summed E-state index contributed by atoms with van der Waals surface area (Å²) in [6, 6.07) is 31.3. The molecule has 0 spiro atoms. The zero-order valence-corrected chi connectivity index (χ0v) is 24.0. The fraction of sp³-hybridized carbons (Fsp3) is 0.0882. The Labute approximate surface area is 248 Å². The van der Waals surface area contributed by atoms with Gasteiger partial charge in [0.05, 0.1) is 33.0 Å². The molecule has 0 aliphatic rings. The van der Waals surface area contributed by atoms with Crippen LogP contribution in [0.3, 0.4) is 0 Å². The summed E-state index contributed by atoms with van der Waals surface area (Å²) in [5.41, 5.74) is 10.9. The number of aromatic nitrogens is 2. The van der Waals surface area contributed by atoms with Gasteiger partial charge in [0.1, 0.15) is 0 Å². The molecule has 0 radical (unpaired) electrons. The summed E-state index contributed by atoms with van der Waals surface area (Å²) in [5, 5.41) is 7.30. The van der Waals surface area contributed by atoms with Gasteiger partial charge in [0.2, 0.25) is 0 Å². The normalized spacial score (nSPS) is 11.5. The molecule has 0 unspecified atom stereocenters. The highest BCUT2D eigenvalue weighted by molar-refractivity contribution is 6.42. The van der Waals surface area contributed by atoms with Crippen molar-refractivity contribution < 1.29 is 4.79 Å². The van der Waals surface area contributed by atoms with E-state index < -0.39 is 0 Å². The van der Waals surface area contributed by atoms with Gasteiger partial charge in [0.15, 0.2) is 0 Å². The Morgan fingerprint density at radius 3 is 2.46 bits per heavy atom. The maximum atomic E-state index is 13.5. The molecule has 0 fully saturated rings. The Bertz CT molecular complexity index is 1960. The van der Waals surface area contributed by atoms with Crippen LogP contribution in [0.5, 0.6) is 0 Å². The predicted molar refractivity (Wildman–Crippen MR) is 169 cm³/mol. The molecule has 41 heavy (non-hydrogen) atoms. The molecule has 0 bridgehead atoms. The van der Waals surface area contributed by atoms with E-state index in [0.29, 0.717) is 22.2 Å². The van der Waals surface area contributed by atoms with Crippen molar-refractivity contribution in [2.45, 2.75) is 20.4 Å². The highest BCUT2D eigenvalue weighted by Gasteiger charge is 2.16. The lowest BCUT2D eigenvalue weighted by Crippen LogP contribution is -2.18. The fourth-order valence-corrected chi connectivity index (χ4v) is 5.47. The van der Waals surface area contributed by atoms with Crippen molar-refractivity contribution in [2.24, 2.45) is 5.10 Å². The molecule has 4 aromatic carbocycles. The monoisotopic (exact) mass is 576 g/mol. The summed E-state index contributed by atoms with van der Waals surface area (Å²) in [7, 11) is 0. The molecule has 0 atom stereocenters. The number of hydrazone groups is 1. The molecule has 6 rings (SSSR count). The first-order valence-corrected chi connectivity index (χ1v) is 14.0. The topological polar surface area (TPSA) is 59.3 Å². The number of hydrogen-bond donors (Lipinski definition) is 1. The van der Waals surface area contributed by atoms with Gasteiger partial charge in [-0.15, -0.1) is 0 Å². The van der Waals surface area contributed by atoms with Crippen molar-refractivity contribution in [3.8, 4) is 11.3 Å². The minimum atomic E-state index is -0.301. The number of hydrogen-bond acceptors (Lipinski definition) is 3. The van der Waals surface area contributed by atoms with E-state index in [1.165, 1.54) is 0 Å². The van der Waals surface area contributed by atoms with E-state index in [4.69, 9.17) is 28.2 Å². The first kappa shape index (κ1) is 26.8. The third-order valence-corrected chi connectivity index (χ3v) is 7.98. The fourth-order valence-electron chi connectivity index (χ4n) is 5.14. The van der Waals surface area contributed by atoms with Gasteiger partial charge in [-0.1, -0.05) is 89.4 Å². The average Bonchev–Trinajstić information content (AvgIpc) is 3.24. The standard InChI is InChI=1S/C34H26Cl2N4O/c1-21-12-15-33-26(16-21)28(22(2)40(33)20-23-13-14-29(35)30(36)17-23)19-37-39-34(41)27-18-32(24-8-4-3-5-9-24)38-31-11-7-6-10-25(27)31/h3-19H,20H2,1-2H3,(H,39,41)/b37-19+. The number of aryl methyl sites for hydroxylation is 1. The Kier molecular flexibility index (Phi) is 7.31. The van der Waals surface area contributed by atoms with E-state index in [2.05, 4.69) is 47.1 Å². The third kappa shape index (κ3) is 5.34. The first-order chi connectivity index (χ1) is 19.9. The number of rotatable bonds is 6. The quantitative estimate of drug-likeness (QED) is 0.159. The van der Waals surface area contributed by atoms with Crippen LogP contribution in [0, 0.1) is 13.8 Å². The summed E-state index contributed by atoms with van der Waals surface area (Å²) in [6.45, 7) is 4.74. The lowest BCUT2D eigenvalue weighted by atomic mass is 10.0. The minimum absolute atomic E-state index is 0.301. The van der Waals surface area contributed by atoms with Crippen LogP contribution in [0.1, 0.15) is 32.7 Å². The smallest absolute Gasteiger partial charge is 0.272 e. The molecule has 7 heteroatoms. The molecule has 1 amide bonds. The summed E-state index contributed by atoms with van der Waals surface area (Å²) in [6.07, 6.45) is 1.72. The number of fused-ring (bicyclic) bond motifs is 2. The molecule has 202 valence electrons. The second-order valence-electron chi connectivity index (χ2n) is 9.99. The number of benzene rings is 4. The van der Waals surface area contributed by atoms with E-state index in [1.54, 1.807) is 6.21 Å². The van der Waals surface area contributed by atoms with Crippen LogP contribution in [0.4, 0.5) is 0 Å². The number of para-hydroxylation sites is 1. The number of nitrogens with zero attached hydrogens (tertiary/aromatic N) is 3. The highest BCUT2D eigenvalue weighted by atomic mass is 35.5. The van der Waals surface area contributed by atoms with Gasteiger partial charge in [-0.05, 0) is 55.8 Å². The lowest BCUT2D eigenvalue weighted by molar-refractivity contribution is 0.0956. The predicted octanol–water partition coefficient (Wildman–Crippen LogP) is 8.59. The largest absolute Gasteiger partial charge is 0.340 e. The van der Waals surface area contributed by atoms with Crippen LogP contribution < -0.4 is 5.43 Å². The molecule has 0 saturated carbocycles. The zero-order valence-electron chi connectivity index (χ0n) is 22.5. The second-order valence-corrected chi connectivity index (χ2v) is 10.8. The molecule has 0 aliphatic carbocycles. The molecule has 2 aromatic heterocycles. The van der Waals surface area contributed by atoms with Crippen LogP contribution >= 0.6 is 23.2 Å². The summed E-state index contributed by atoms with van der Waals surface area (Å²) >= 11 is 12.4. The van der Waals surface area contributed by atoms with Crippen molar-refractivity contribution in [3.05, 3.63) is 135 Å². The zero-order chi connectivity index (χ0) is 28.5. The van der Waals surface area contributed by atoms with Crippen molar-refractivity contribution in [3.63, 3.8) is 0 Å². The van der Waals surface area contributed by atoms with Gasteiger partial charge in [-0.25, -0.2) is 10.4 Å². The third-order valence-electron chi connectivity index (χ3n) is 7.24. The van der Waals surface area contributed by atoms with Crippen molar-refractivity contribution >= 4 is 57.1 Å². The number of amides is 1. The summed E-state index contributed by atoms with van der Waals surface area (Å²) < 4.78 is 2.22. The van der Waals surface area contributed by atoms with E-state index in [-0.39, 0.29) is 5.91 Å². The SMILES string of the molecule is Cc1ccc2c(c1)c(/C=N/NC(=O)c1cc(-c3ccccc3)nc3ccccc13)c(C)n2Cc1ccc(Cl)c(Cl)c1. The van der Waals surface area contributed by atoms with Crippen molar-refractivity contribution in [1.82, 2.24) is 15.0 Å². The van der Waals surface area contributed by atoms with Crippen LogP contribution in [0.25, 0.3) is 33.1 Å². The number of pyridine rings is 1. The number of nitrogens with one attached hydrogen (secondary N) is 1. The van der Waals surface area contributed by atoms with Gasteiger partial charge in [0.25, 0.3) is 5.91 Å². The Balaban J connectivity index is 1.34. The van der Waals surface area contributed by atoms with Gasteiger partial charge < -0.3 is 4.57 Å². The van der Waals surface area contributed by atoms with Crippen LogP contribution in [0.15, 0.2) is 102 Å². The van der Waals surface area contributed by atoms with Crippen LogP contribution in [-0.2, 0) is 6.54 Å². The van der Waals surface area contributed by atoms with Crippen molar-refractivity contribution in [1.29, 1.82) is 0 Å². The Morgan fingerprint density at radius 1 is 0.878 bits per heavy atom. The van der Waals surface area contributed by atoms with E-state index in [0.717, 1.165) is 55.4 Å². The van der Waals surface area contributed by atoms with Crippen molar-refractivity contribution in [2.75, 3.05) is 0 Å². The van der Waals surface area contributed by atoms with Gasteiger partial charge in [0, 0.05) is 39.7 Å². The number of halogens is 2. The summed E-state index contributed by atoms with van der Waals surface area (Å²) in [4.78, 5) is 18.2. The second kappa shape index (κ2) is 11.2. The maximum Gasteiger partial charge on any atom is 0.272 e. The van der Waals surface area contributed by atoms with Gasteiger partial charge in [-0.2, -0.15) is 5.10 Å². The molecule has 1 N–H and O–H groups in total. The van der Waals surface area contributed by atoms with E-state index >= 15 is 0 Å². The summed E-state index contributed by atoms with van der Waals surface area (Å²) in [5.74, 6) is -0.301. The minimum Gasteiger partial charge on any atom is -0.340 e. The van der Waals surface area contributed by atoms with Crippen LogP contribution in [-0.4, -0.2) is 21.7 Å². The molecule has 2 heterocycles. The molecule has 0 aliphatic heterocycles. The molecular formula is C34H26Cl2N4O. The molecule has 0 saturated heterocycles. The molecular weight excluding hydrogens is 551 g/mol. The highest BCUT2D eigenvalue weighted by Crippen LogP contribution is 2.29. The average molecular weight is 578 g/mol. The van der Waals surface area contributed by atoms with Gasteiger partial charge >= 0.3 is 0 Å². The number of carbonyl (C=O) groups is 1. The molecule has 6 aromatic rings.